The van der Waals surface area contributed by atoms with Crippen LogP contribution in [0.2, 0.25) is 0 Å². The monoisotopic (exact) mass is 286 g/mol. The van der Waals surface area contributed by atoms with Crippen LogP contribution in [-0.2, 0) is 12.8 Å². The van der Waals surface area contributed by atoms with Crippen molar-refractivity contribution < 1.29 is 0 Å². The average Bonchev–Trinajstić information content (AvgIpc) is 3.00. The molecule has 21 heavy (non-hydrogen) atoms. The fourth-order valence-corrected chi connectivity index (χ4v) is 3.83. The Morgan fingerprint density at radius 3 is 2.71 bits per heavy atom. The molecule has 1 aliphatic heterocycles. The highest BCUT2D eigenvalue weighted by molar-refractivity contribution is 5.36. The molecule has 1 unspecified atom stereocenters. The molecule has 3 rings (SSSR count). The Kier molecular flexibility index (Phi) is 4.97. The highest BCUT2D eigenvalue weighted by atomic mass is 15.1. The van der Waals surface area contributed by atoms with Gasteiger partial charge in [0.25, 0.3) is 0 Å². The van der Waals surface area contributed by atoms with E-state index in [1.54, 1.807) is 11.1 Å². The zero-order chi connectivity index (χ0) is 14.7. The third-order valence-electron chi connectivity index (χ3n) is 5.49. The fourth-order valence-electron chi connectivity index (χ4n) is 3.83. The second-order valence-corrected chi connectivity index (χ2v) is 6.89. The van der Waals surface area contributed by atoms with Gasteiger partial charge in [-0.2, -0.15) is 0 Å². The molecular formula is C19H30N2. The van der Waals surface area contributed by atoms with Crippen LogP contribution in [0.5, 0.6) is 0 Å². The Bertz CT molecular complexity index is 461. The molecule has 2 heteroatoms. The maximum Gasteiger partial charge on any atom is 0.0292 e. The number of piperidine rings is 1. The standard InChI is InChI=1S/C19H30N2/c1-3-21-11-9-16(10-12-21)14-20-15(2)18-8-7-17-5-4-6-19(17)13-18/h7-8,13,15-16,20H,3-6,9-12,14H2,1-2H3. The molecule has 2 nitrogen and oxygen atoms in total. The minimum Gasteiger partial charge on any atom is -0.310 e. The first-order valence-electron chi connectivity index (χ1n) is 8.83. The van der Waals surface area contributed by atoms with Gasteiger partial charge >= 0.3 is 0 Å². The first-order valence-corrected chi connectivity index (χ1v) is 8.83. The smallest absolute Gasteiger partial charge is 0.0292 e. The number of likely N-dealkylation sites (tertiary alicyclic amines) is 1. The maximum atomic E-state index is 3.77. The molecule has 0 radical (unpaired) electrons. The number of nitrogens with one attached hydrogen (secondary N) is 1. The van der Waals surface area contributed by atoms with Crippen LogP contribution in [0.25, 0.3) is 0 Å². The van der Waals surface area contributed by atoms with E-state index in [0.717, 1.165) is 5.92 Å². The second-order valence-electron chi connectivity index (χ2n) is 6.89. The van der Waals surface area contributed by atoms with Crippen LogP contribution in [0.15, 0.2) is 18.2 Å². The first-order chi connectivity index (χ1) is 10.3. The molecule has 1 heterocycles. The molecule has 0 spiro atoms. The Balaban J connectivity index is 1.49. The maximum absolute atomic E-state index is 3.77. The van der Waals surface area contributed by atoms with E-state index in [9.17, 15) is 0 Å². The molecule has 1 saturated heterocycles. The molecule has 0 aromatic heterocycles. The summed E-state index contributed by atoms with van der Waals surface area (Å²) in [6, 6.07) is 7.62. The third-order valence-corrected chi connectivity index (χ3v) is 5.49. The molecular weight excluding hydrogens is 256 g/mol. The predicted molar refractivity (Wildman–Crippen MR) is 89.7 cm³/mol. The molecule has 0 saturated carbocycles. The number of benzene rings is 1. The van der Waals surface area contributed by atoms with E-state index in [0.29, 0.717) is 6.04 Å². The number of rotatable bonds is 5. The van der Waals surface area contributed by atoms with Gasteiger partial charge in [0.1, 0.15) is 0 Å². The SMILES string of the molecule is CCN1CCC(CNC(C)c2ccc3c(c2)CCC3)CC1. The van der Waals surface area contributed by atoms with Gasteiger partial charge in [-0.1, -0.05) is 25.1 Å². The lowest BCUT2D eigenvalue weighted by Crippen LogP contribution is -2.37. The Morgan fingerprint density at radius 2 is 1.95 bits per heavy atom. The number of nitrogens with zero attached hydrogens (tertiary/aromatic N) is 1. The van der Waals surface area contributed by atoms with Crippen molar-refractivity contribution in [2.45, 2.75) is 52.0 Å². The van der Waals surface area contributed by atoms with Gasteiger partial charge < -0.3 is 10.2 Å². The van der Waals surface area contributed by atoms with Crippen molar-refractivity contribution in [3.8, 4) is 0 Å². The normalized spacial score (nSPS) is 21.4. The van der Waals surface area contributed by atoms with Crippen LogP contribution < -0.4 is 5.32 Å². The van der Waals surface area contributed by atoms with Crippen molar-refractivity contribution in [2.24, 2.45) is 5.92 Å². The van der Waals surface area contributed by atoms with Crippen molar-refractivity contribution in [3.63, 3.8) is 0 Å². The lowest BCUT2D eigenvalue weighted by molar-refractivity contribution is 0.188. The molecule has 1 fully saturated rings. The minimum atomic E-state index is 0.486. The lowest BCUT2D eigenvalue weighted by atomic mass is 9.95. The van der Waals surface area contributed by atoms with Crippen LogP contribution in [-0.4, -0.2) is 31.1 Å². The molecule has 0 amide bonds. The quantitative estimate of drug-likeness (QED) is 0.890. The van der Waals surface area contributed by atoms with Gasteiger partial charge in [0, 0.05) is 6.04 Å². The summed E-state index contributed by atoms with van der Waals surface area (Å²) < 4.78 is 0. The molecule has 1 aromatic carbocycles. The van der Waals surface area contributed by atoms with Gasteiger partial charge in [0.15, 0.2) is 0 Å². The summed E-state index contributed by atoms with van der Waals surface area (Å²) in [6.45, 7) is 9.56. The third kappa shape index (κ3) is 3.67. The molecule has 1 N–H and O–H groups in total. The minimum absolute atomic E-state index is 0.486. The number of hydrogen-bond donors (Lipinski definition) is 1. The van der Waals surface area contributed by atoms with Crippen LogP contribution in [0.1, 0.15) is 55.8 Å². The summed E-state index contributed by atoms with van der Waals surface area (Å²) in [5.74, 6) is 0.865. The summed E-state index contributed by atoms with van der Waals surface area (Å²) in [6.07, 6.45) is 6.63. The van der Waals surface area contributed by atoms with Crippen LogP contribution in [0.3, 0.4) is 0 Å². The highest BCUT2D eigenvalue weighted by Crippen LogP contribution is 2.25. The average molecular weight is 286 g/mol. The summed E-state index contributed by atoms with van der Waals surface area (Å²) in [5.41, 5.74) is 4.65. The van der Waals surface area contributed by atoms with Crippen LogP contribution in [0.4, 0.5) is 0 Å². The van der Waals surface area contributed by atoms with Crippen molar-refractivity contribution >= 4 is 0 Å². The van der Waals surface area contributed by atoms with Crippen molar-refractivity contribution in [3.05, 3.63) is 34.9 Å². The summed E-state index contributed by atoms with van der Waals surface area (Å²) in [4.78, 5) is 2.57. The van der Waals surface area contributed by atoms with Gasteiger partial charge in [0.2, 0.25) is 0 Å². The van der Waals surface area contributed by atoms with Crippen molar-refractivity contribution in [1.29, 1.82) is 0 Å². The van der Waals surface area contributed by atoms with Crippen LogP contribution >= 0.6 is 0 Å². The van der Waals surface area contributed by atoms with E-state index in [2.05, 4.69) is 42.3 Å². The Morgan fingerprint density at radius 1 is 1.19 bits per heavy atom. The molecule has 0 bridgehead atoms. The van der Waals surface area contributed by atoms with Gasteiger partial charge in [-0.05, 0) is 87.8 Å². The summed E-state index contributed by atoms with van der Waals surface area (Å²) >= 11 is 0. The van der Waals surface area contributed by atoms with E-state index in [1.807, 2.05) is 0 Å². The van der Waals surface area contributed by atoms with Gasteiger partial charge in [-0.3, -0.25) is 0 Å². The van der Waals surface area contributed by atoms with Crippen molar-refractivity contribution in [2.75, 3.05) is 26.2 Å². The van der Waals surface area contributed by atoms with Gasteiger partial charge in [-0.15, -0.1) is 0 Å². The van der Waals surface area contributed by atoms with E-state index in [-0.39, 0.29) is 0 Å². The zero-order valence-corrected chi connectivity index (χ0v) is 13.7. The topological polar surface area (TPSA) is 15.3 Å². The van der Waals surface area contributed by atoms with E-state index in [4.69, 9.17) is 0 Å². The first kappa shape index (κ1) is 15.1. The Labute approximate surface area is 129 Å². The zero-order valence-electron chi connectivity index (χ0n) is 13.7. The van der Waals surface area contributed by atoms with E-state index < -0.39 is 0 Å². The molecule has 116 valence electrons. The molecule has 2 aliphatic rings. The molecule has 1 aromatic rings. The van der Waals surface area contributed by atoms with E-state index >= 15 is 0 Å². The predicted octanol–water partition coefficient (Wildman–Crippen LogP) is 3.56. The second kappa shape index (κ2) is 6.93. The van der Waals surface area contributed by atoms with Gasteiger partial charge in [-0.25, -0.2) is 0 Å². The lowest BCUT2D eigenvalue weighted by Gasteiger charge is -2.31. The summed E-state index contributed by atoms with van der Waals surface area (Å²) in [5, 5.41) is 3.77. The molecule has 1 aliphatic carbocycles. The largest absolute Gasteiger partial charge is 0.310 e. The number of aryl methyl sites for hydroxylation is 2. The van der Waals surface area contributed by atoms with Crippen LogP contribution in [0, 0.1) is 5.92 Å². The summed E-state index contributed by atoms with van der Waals surface area (Å²) in [7, 11) is 0. The van der Waals surface area contributed by atoms with Crippen molar-refractivity contribution in [1.82, 2.24) is 10.2 Å². The van der Waals surface area contributed by atoms with Gasteiger partial charge in [0.05, 0.1) is 0 Å². The molecule has 1 atom stereocenters. The Hall–Kier alpha value is -0.860. The highest BCUT2D eigenvalue weighted by Gasteiger charge is 2.19. The number of hydrogen-bond acceptors (Lipinski definition) is 2. The fraction of sp³-hybridized carbons (Fsp3) is 0.684. The van der Waals surface area contributed by atoms with E-state index in [1.165, 1.54) is 63.8 Å². The number of fused-ring (bicyclic) bond motifs is 1.